The number of hydrogen-bond donors (Lipinski definition) is 2. The van der Waals surface area contributed by atoms with Crippen molar-refractivity contribution < 1.29 is 22.8 Å². The molecule has 1 unspecified atom stereocenters. The van der Waals surface area contributed by atoms with E-state index in [1.54, 1.807) is 24.3 Å². The van der Waals surface area contributed by atoms with Crippen LogP contribution in [0.5, 0.6) is 0 Å². The van der Waals surface area contributed by atoms with Crippen molar-refractivity contribution >= 4 is 11.8 Å². The summed E-state index contributed by atoms with van der Waals surface area (Å²) in [6.45, 7) is 0.591. The maximum atomic E-state index is 12.7. The van der Waals surface area contributed by atoms with Gasteiger partial charge in [-0.05, 0) is 42.2 Å². The first-order valence-electron chi connectivity index (χ1n) is 8.21. The summed E-state index contributed by atoms with van der Waals surface area (Å²) in [5, 5.41) is 5.40. The Morgan fingerprint density at radius 3 is 2.42 bits per heavy atom. The SMILES string of the molecule is O=C(NC1CCCNC1=O)c1ccccc1-c1ccc(C(F)(F)F)cc1. The molecular weight excluding hydrogens is 345 g/mol. The number of piperidine rings is 1. The summed E-state index contributed by atoms with van der Waals surface area (Å²) >= 11 is 0. The molecule has 1 saturated heterocycles. The van der Waals surface area contributed by atoms with Crippen molar-refractivity contribution in [2.75, 3.05) is 6.54 Å². The average Bonchev–Trinajstić information content (AvgIpc) is 2.63. The molecule has 1 atom stereocenters. The van der Waals surface area contributed by atoms with Crippen molar-refractivity contribution in [1.29, 1.82) is 0 Å². The lowest BCUT2D eigenvalue weighted by atomic mass is 9.97. The number of carbonyl (C=O) groups excluding carboxylic acids is 2. The second-order valence-electron chi connectivity index (χ2n) is 6.08. The van der Waals surface area contributed by atoms with Gasteiger partial charge in [0.25, 0.3) is 5.91 Å². The zero-order chi connectivity index (χ0) is 18.7. The number of nitrogens with one attached hydrogen (secondary N) is 2. The van der Waals surface area contributed by atoms with Crippen LogP contribution >= 0.6 is 0 Å². The Hall–Kier alpha value is -2.83. The second-order valence-corrected chi connectivity index (χ2v) is 6.08. The average molecular weight is 362 g/mol. The zero-order valence-electron chi connectivity index (χ0n) is 13.8. The number of benzene rings is 2. The third-order valence-electron chi connectivity index (χ3n) is 4.29. The van der Waals surface area contributed by atoms with Crippen LogP contribution in [0.25, 0.3) is 11.1 Å². The molecule has 2 aromatic rings. The van der Waals surface area contributed by atoms with Gasteiger partial charge in [-0.2, -0.15) is 13.2 Å². The Morgan fingerprint density at radius 1 is 1.08 bits per heavy atom. The summed E-state index contributed by atoms with van der Waals surface area (Å²) in [6, 6.07) is 10.7. The Morgan fingerprint density at radius 2 is 1.77 bits per heavy atom. The van der Waals surface area contributed by atoms with Crippen LogP contribution in [0.3, 0.4) is 0 Å². The molecule has 2 N–H and O–H groups in total. The highest BCUT2D eigenvalue weighted by molar-refractivity contribution is 6.02. The van der Waals surface area contributed by atoms with E-state index in [-0.39, 0.29) is 5.91 Å². The molecule has 1 aliphatic heterocycles. The van der Waals surface area contributed by atoms with E-state index in [0.717, 1.165) is 18.6 Å². The first-order chi connectivity index (χ1) is 12.4. The molecule has 1 fully saturated rings. The first-order valence-corrected chi connectivity index (χ1v) is 8.21. The minimum atomic E-state index is -4.41. The summed E-state index contributed by atoms with van der Waals surface area (Å²) in [5.74, 6) is -0.654. The number of hydrogen-bond acceptors (Lipinski definition) is 2. The number of carbonyl (C=O) groups is 2. The van der Waals surface area contributed by atoms with Gasteiger partial charge in [0.15, 0.2) is 0 Å². The Bertz CT molecular complexity index is 816. The fraction of sp³-hybridized carbons (Fsp3) is 0.263. The van der Waals surface area contributed by atoms with Crippen molar-refractivity contribution in [1.82, 2.24) is 10.6 Å². The van der Waals surface area contributed by atoms with Gasteiger partial charge in [0.2, 0.25) is 5.91 Å². The smallest absolute Gasteiger partial charge is 0.354 e. The van der Waals surface area contributed by atoms with E-state index >= 15 is 0 Å². The van der Waals surface area contributed by atoms with Gasteiger partial charge in [0.05, 0.1) is 5.56 Å². The molecule has 1 aliphatic rings. The maximum absolute atomic E-state index is 12.7. The van der Waals surface area contributed by atoms with E-state index in [2.05, 4.69) is 10.6 Å². The van der Waals surface area contributed by atoms with Crippen LogP contribution in [0, 0.1) is 0 Å². The van der Waals surface area contributed by atoms with Crippen molar-refractivity contribution in [3.63, 3.8) is 0 Å². The van der Waals surface area contributed by atoms with Crippen LogP contribution in [0.2, 0.25) is 0 Å². The van der Waals surface area contributed by atoms with E-state index in [0.29, 0.717) is 29.7 Å². The van der Waals surface area contributed by atoms with Gasteiger partial charge in [0, 0.05) is 12.1 Å². The van der Waals surface area contributed by atoms with Crippen molar-refractivity contribution in [2.45, 2.75) is 25.1 Å². The summed E-state index contributed by atoms with van der Waals surface area (Å²) in [7, 11) is 0. The third-order valence-corrected chi connectivity index (χ3v) is 4.29. The predicted molar refractivity (Wildman–Crippen MR) is 90.4 cm³/mol. The number of amides is 2. The van der Waals surface area contributed by atoms with Crippen molar-refractivity contribution in [2.24, 2.45) is 0 Å². The third kappa shape index (κ3) is 3.87. The fourth-order valence-corrected chi connectivity index (χ4v) is 2.92. The molecule has 3 rings (SSSR count). The van der Waals surface area contributed by atoms with Gasteiger partial charge >= 0.3 is 6.18 Å². The zero-order valence-corrected chi connectivity index (χ0v) is 13.8. The Labute approximate surface area is 148 Å². The quantitative estimate of drug-likeness (QED) is 0.880. The molecular formula is C19H17F3N2O2. The Kier molecular flexibility index (Phi) is 4.97. The van der Waals surface area contributed by atoms with Crippen molar-refractivity contribution in [3.05, 3.63) is 59.7 Å². The second kappa shape index (κ2) is 7.19. The van der Waals surface area contributed by atoms with E-state index in [1.807, 2.05) is 0 Å². The fourth-order valence-electron chi connectivity index (χ4n) is 2.92. The number of alkyl halides is 3. The summed E-state index contributed by atoms with van der Waals surface area (Å²) in [4.78, 5) is 24.4. The molecule has 0 aromatic heterocycles. The minimum absolute atomic E-state index is 0.225. The lowest BCUT2D eigenvalue weighted by Gasteiger charge is -2.23. The lowest BCUT2D eigenvalue weighted by Crippen LogP contribution is -2.50. The molecule has 0 spiro atoms. The molecule has 0 saturated carbocycles. The predicted octanol–water partition coefficient (Wildman–Crippen LogP) is 3.38. The molecule has 26 heavy (non-hydrogen) atoms. The van der Waals surface area contributed by atoms with E-state index in [9.17, 15) is 22.8 Å². The molecule has 2 aromatic carbocycles. The van der Waals surface area contributed by atoms with Crippen LogP contribution in [0.15, 0.2) is 48.5 Å². The molecule has 7 heteroatoms. The van der Waals surface area contributed by atoms with Crippen LogP contribution in [0.1, 0.15) is 28.8 Å². The monoisotopic (exact) mass is 362 g/mol. The van der Waals surface area contributed by atoms with Crippen molar-refractivity contribution in [3.8, 4) is 11.1 Å². The van der Waals surface area contributed by atoms with Gasteiger partial charge in [0.1, 0.15) is 6.04 Å². The highest BCUT2D eigenvalue weighted by Crippen LogP contribution is 2.31. The lowest BCUT2D eigenvalue weighted by molar-refractivity contribution is -0.137. The molecule has 4 nitrogen and oxygen atoms in total. The van der Waals surface area contributed by atoms with Crippen LogP contribution < -0.4 is 10.6 Å². The van der Waals surface area contributed by atoms with E-state index in [4.69, 9.17) is 0 Å². The van der Waals surface area contributed by atoms with Crippen LogP contribution in [-0.2, 0) is 11.0 Å². The van der Waals surface area contributed by atoms with E-state index < -0.39 is 23.7 Å². The molecule has 1 heterocycles. The minimum Gasteiger partial charge on any atom is -0.354 e. The Balaban J connectivity index is 1.86. The maximum Gasteiger partial charge on any atom is 0.416 e. The molecule has 0 aliphatic carbocycles. The number of rotatable bonds is 3. The standard InChI is InChI=1S/C19H17F3N2O2/c20-19(21,22)13-9-7-12(8-10-13)14-4-1-2-5-15(14)17(25)24-16-6-3-11-23-18(16)26/h1-2,4-5,7-10,16H,3,6,11H2,(H,23,26)(H,24,25). The molecule has 136 valence electrons. The molecule has 0 bridgehead atoms. The number of halogens is 3. The van der Waals surface area contributed by atoms with E-state index in [1.165, 1.54) is 12.1 Å². The first kappa shape index (κ1) is 18.0. The topological polar surface area (TPSA) is 58.2 Å². The summed E-state index contributed by atoms with van der Waals surface area (Å²) in [6.07, 6.45) is -3.08. The summed E-state index contributed by atoms with van der Waals surface area (Å²) in [5.41, 5.74) is 0.569. The largest absolute Gasteiger partial charge is 0.416 e. The highest BCUT2D eigenvalue weighted by atomic mass is 19.4. The van der Waals surface area contributed by atoms with Gasteiger partial charge in [-0.3, -0.25) is 9.59 Å². The van der Waals surface area contributed by atoms with Gasteiger partial charge in [-0.15, -0.1) is 0 Å². The van der Waals surface area contributed by atoms with Gasteiger partial charge in [-0.1, -0.05) is 30.3 Å². The van der Waals surface area contributed by atoms with Gasteiger partial charge in [-0.25, -0.2) is 0 Å². The van der Waals surface area contributed by atoms with Gasteiger partial charge < -0.3 is 10.6 Å². The van der Waals surface area contributed by atoms with Crippen LogP contribution in [-0.4, -0.2) is 24.4 Å². The highest BCUT2D eigenvalue weighted by Gasteiger charge is 2.30. The molecule has 0 radical (unpaired) electrons. The van der Waals surface area contributed by atoms with Crippen LogP contribution in [0.4, 0.5) is 13.2 Å². The molecule has 2 amide bonds. The summed E-state index contributed by atoms with van der Waals surface area (Å²) < 4.78 is 38.2. The normalized spacial score (nSPS) is 17.5.